The van der Waals surface area contributed by atoms with E-state index in [9.17, 15) is 9.59 Å². The lowest BCUT2D eigenvalue weighted by molar-refractivity contribution is -0.113. The molecule has 0 fully saturated rings. The summed E-state index contributed by atoms with van der Waals surface area (Å²) < 4.78 is 10.9. The molecule has 0 aromatic heterocycles. The zero-order chi connectivity index (χ0) is 22.2. The summed E-state index contributed by atoms with van der Waals surface area (Å²) in [5.74, 6) is 0.506. The first-order valence-electron chi connectivity index (χ1n) is 9.37. The van der Waals surface area contributed by atoms with E-state index in [2.05, 4.69) is 26.6 Å². The zero-order valence-corrected chi connectivity index (χ0v) is 18.6. The second-order valence-corrected chi connectivity index (χ2v) is 7.30. The molecule has 3 aromatic rings. The van der Waals surface area contributed by atoms with Crippen LogP contribution in [0.1, 0.15) is 15.9 Å². The largest absolute Gasteiger partial charge is 0.497 e. The highest BCUT2D eigenvalue weighted by molar-refractivity contribution is 9.10. The first-order valence-corrected chi connectivity index (χ1v) is 10.2. The molecule has 0 radical (unpaired) electrons. The predicted octanol–water partition coefficient (Wildman–Crippen LogP) is 4.88. The fourth-order valence-electron chi connectivity index (χ4n) is 2.73. The van der Waals surface area contributed by atoms with E-state index in [1.165, 1.54) is 0 Å². The Bertz CT molecular complexity index is 1090. The van der Waals surface area contributed by atoms with Gasteiger partial charge in [-0.25, -0.2) is 0 Å². The number of hydrogen-bond acceptors (Lipinski definition) is 4. The van der Waals surface area contributed by atoms with Crippen molar-refractivity contribution in [2.75, 3.05) is 19.5 Å². The van der Waals surface area contributed by atoms with E-state index in [1.54, 1.807) is 87.0 Å². The average Bonchev–Trinajstić information content (AvgIpc) is 2.79. The SMILES string of the molecule is COc1ccc(/C=C(/NC(=O)c2ccccc2Br)C(=O)Nc2ccc(OC)cc2)cc1. The van der Waals surface area contributed by atoms with Crippen molar-refractivity contribution in [3.05, 3.63) is 94.1 Å². The maximum atomic E-state index is 13.0. The van der Waals surface area contributed by atoms with Gasteiger partial charge in [-0.3, -0.25) is 9.59 Å². The molecule has 0 heterocycles. The van der Waals surface area contributed by atoms with Crippen LogP contribution < -0.4 is 20.1 Å². The molecule has 0 spiro atoms. The van der Waals surface area contributed by atoms with Crippen LogP contribution in [0.4, 0.5) is 5.69 Å². The summed E-state index contributed by atoms with van der Waals surface area (Å²) in [5, 5.41) is 5.51. The van der Waals surface area contributed by atoms with Crippen molar-refractivity contribution < 1.29 is 19.1 Å². The molecule has 158 valence electrons. The molecule has 7 heteroatoms. The second-order valence-electron chi connectivity index (χ2n) is 6.45. The number of methoxy groups -OCH3 is 2. The van der Waals surface area contributed by atoms with Crippen LogP contribution in [0.5, 0.6) is 11.5 Å². The van der Waals surface area contributed by atoms with Crippen molar-refractivity contribution in [2.45, 2.75) is 0 Å². The monoisotopic (exact) mass is 480 g/mol. The van der Waals surface area contributed by atoms with E-state index in [1.807, 2.05) is 6.07 Å². The third-order valence-corrected chi connectivity index (χ3v) is 5.08. The molecule has 31 heavy (non-hydrogen) atoms. The van der Waals surface area contributed by atoms with Gasteiger partial charge in [0.25, 0.3) is 11.8 Å². The topological polar surface area (TPSA) is 76.7 Å². The van der Waals surface area contributed by atoms with Crippen molar-refractivity contribution in [3.63, 3.8) is 0 Å². The molecule has 3 aromatic carbocycles. The van der Waals surface area contributed by atoms with Gasteiger partial charge in [0.05, 0.1) is 19.8 Å². The van der Waals surface area contributed by atoms with Crippen LogP contribution in [0.2, 0.25) is 0 Å². The summed E-state index contributed by atoms with van der Waals surface area (Å²) in [6.07, 6.45) is 1.60. The number of hydrogen-bond donors (Lipinski definition) is 2. The van der Waals surface area contributed by atoms with E-state index in [0.29, 0.717) is 27.2 Å². The van der Waals surface area contributed by atoms with Gasteiger partial charge in [-0.2, -0.15) is 0 Å². The van der Waals surface area contributed by atoms with Gasteiger partial charge in [0, 0.05) is 10.2 Å². The minimum absolute atomic E-state index is 0.0988. The molecule has 0 aliphatic heterocycles. The van der Waals surface area contributed by atoms with E-state index in [4.69, 9.17) is 9.47 Å². The summed E-state index contributed by atoms with van der Waals surface area (Å²) >= 11 is 3.37. The third-order valence-electron chi connectivity index (χ3n) is 4.39. The normalized spacial score (nSPS) is 10.9. The molecular formula is C24H21BrN2O4. The maximum absolute atomic E-state index is 13.0. The Hall–Kier alpha value is -3.58. The van der Waals surface area contributed by atoms with Gasteiger partial charge in [-0.05, 0) is 76.1 Å². The first kappa shape index (κ1) is 22.1. The predicted molar refractivity (Wildman–Crippen MR) is 124 cm³/mol. The van der Waals surface area contributed by atoms with Gasteiger partial charge in [0.1, 0.15) is 17.2 Å². The van der Waals surface area contributed by atoms with Gasteiger partial charge in [0.15, 0.2) is 0 Å². The lowest BCUT2D eigenvalue weighted by Crippen LogP contribution is -2.31. The number of anilines is 1. The highest BCUT2D eigenvalue weighted by Crippen LogP contribution is 2.19. The van der Waals surface area contributed by atoms with Crippen LogP contribution in [0.3, 0.4) is 0 Å². The van der Waals surface area contributed by atoms with Crippen molar-refractivity contribution in [1.29, 1.82) is 0 Å². The molecule has 2 amide bonds. The molecule has 0 saturated heterocycles. The van der Waals surface area contributed by atoms with Gasteiger partial charge < -0.3 is 20.1 Å². The summed E-state index contributed by atoms with van der Waals surface area (Å²) in [6, 6.07) is 21.1. The van der Waals surface area contributed by atoms with Crippen LogP contribution in [0, 0.1) is 0 Å². The Morgan fingerprint density at radius 2 is 1.42 bits per heavy atom. The van der Waals surface area contributed by atoms with Crippen molar-refractivity contribution in [3.8, 4) is 11.5 Å². The van der Waals surface area contributed by atoms with Crippen LogP contribution in [0.15, 0.2) is 83.0 Å². The fraction of sp³-hybridized carbons (Fsp3) is 0.0833. The highest BCUT2D eigenvalue weighted by Gasteiger charge is 2.16. The number of amides is 2. The van der Waals surface area contributed by atoms with Crippen LogP contribution >= 0.6 is 15.9 Å². The summed E-state index contributed by atoms with van der Waals surface area (Å²) in [5.41, 5.74) is 1.82. The van der Waals surface area contributed by atoms with Crippen LogP contribution in [-0.2, 0) is 4.79 Å². The molecule has 0 aliphatic carbocycles. The number of halogens is 1. The quantitative estimate of drug-likeness (QED) is 0.472. The Morgan fingerprint density at radius 1 is 0.839 bits per heavy atom. The third kappa shape index (κ3) is 5.96. The molecule has 0 atom stereocenters. The number of benzene rings is 3. The molecule has 2 N–H and O–H groups in total. The van der Waals surface area contributed by atoms with Crippen LogP contribution in [-0.4, -0.2) is 26.0 Å². The van der Waals surface area contributed by atoms with Gasteiger partial charge in [-0.1, -0.05) is 24.3 Å². The Kier molecular flexibility index (Phi) is 7.45. The number of rotatable bonds is 7. The highest BCUT2D eigenvalue weighted by atomic mass is 79.9. The molecule has 0 bridgehead atoms. The molecular weight excluding hydrogens is 460 g/mol. The zero-order valence-electron chi connectivity index (χ0n) is 17.0. The minimum atomic E-state index is -0.457. The number of ether oxygens (including phenoxy) is 2. The van der Waals surface area contributed by atoms with Crippen molar-refractivity contribution in [1.82, 2.24) is 5.32 Å². The number of nitrogens with one attached hydrogen (secondary N) is 2. The maximum Gasteiger partial charge on any atom is 0.272 e. The van der Waals surface area contributed by atoms with Gasteiger partial charge in [-0.15, -0.1) is 0 Å². The molecule has 6 nitrogen and oxygen atoms in total. The smallest absolute Gasteiger partial charge is 0.272 e. The second kappa shape index (κ2) is 10.4. The summed E-state index contributed by atoms with van der Waals surface area (Å²) in [4.78, 5) is 25.8. The Balaban J connectivity index is 1.88. The van der Waals surface area contributed by atoms with Gasteiger partial charge >= 0.3 is 0 Å². The van der Waals surface area contributed by atoms with E-state index < -0.39 is 11.8 Å². The number of carbonyl (C=O) groups excluding carboxylic acids is 2. The lowest BCUT2D eigenvalue weighted by atomic mass is 10.1. The van der Waals surface area contributed by atoms with Crippen LogP contribution in [0.25, 0.3) is 6.08 Å². The van der Waals surface area contributed by atoms with Gasteiger partial charge in [0.2, 0.25) is 0 Å². The molecule has 3 rings (SSSR count). The Labute approximate surface area is 189 Å². The van der Waals surface area contributed by atoms with Crippen molar-refractivity contribution in [2.24, 2.45) is 0 Å². The first-order chi connectivity index (χ1) is 15.0. The summed E-state index contributed by atoms with van der Waals surface area (Å²) in [6.45, 7) is 0. The lowest BCUT2D eigenvalue weighted by Gasteiger charge is -2.12. The average molecular weight is 481 g/mol. The number of carbonyl (C=O) groups is 2. The van der Waals surface area contributed by atoms with Crippen molar-refractivity contribution >= 4 is 39.5 Å². The summed E-state index contributed by atoms with van der Waals surface area (Å²) in [7, 11) is 3.15. The Morgan fingerprint density at radius 3 is 2.00 bits per heavy atom. The standard InChI is InChI=1S/C24H21BrN2O4/c1-30-18-11-7-16(8-12-18)15-22(27-23(28)20-5-3-4-6-21(20)25)24(29)26-17-9-13-19(31-2)14-10-17/h3-15H,1-2H3,(H,26,29)(H,27,28)/b22-15+. The molecule has 0 aliphatic rings. The fourth-order valence-corrected chi connectivity index (χ4v) is 3.20. The molecule has 0 saturated carbocycles. The van der Waals surface area contributed by atoms with E-state index >= 15 is 0 Å². The minimum Gasteiger partial charge on any atom is -0.497 e. The van der Waals surface area contributed by atoms with E-state index in [-0.39, 0.29) is 5.70 Å². The van der Waals surface area contributed by atoms with E-state index in [0.717, 1.165) is 5.56 Å². The molecule has 0 unspecified atom stereocenters.